The summed E-state index contributed by atoms with van der Waals surface area (Å²) >= 11 is 0.680. The van der Waals surface area contributed by atoms with Crippen LogP contribution in [0.1, 0.15) is 11.1 Å². The Hall–Kier alpha value is -3.79. The number of hydrogen-bond acceptors (Lipinski definition) is 7. The zero-order chi connectivity index (χ0) is 23.3. The van der Waals surface area contributed by atoms with Crippen LogP contribution in [0.2, 0.25) is 0 Å². The third-order valence-corrected chi connectivity index (χ3v) is 5.24. The highest BCUT2D eigenvalue weighted by molar-refractivity contribution is 8.18. The van der Waals surface area contributed by atoms with E-state index in [0.29, 0.717) is 23.0 Å². The molecule has 0 atom stereocenters. The Morgan fingerprint density at radius 2 is 1.94 bits per heavy atom. The van der Waals surface area contributed by atoms with Gasteiger partial charge in [-0.15, -0.1) is 0 Å². The van der Waals surface area contributed by atoms with E-state index in [0.717, 1.165) is 10.5 Å². The van der Waals surface area contributed by atoms with Gasteiger partial charge in [-0.1, -0.05) is 24.3 Å². The van der Waals surface area contributed by atoms with Gasteiger partial charge in [0.25, 0.3) is 11.1 Å². The van der Waals surface area contributed by atoms with E-state index in [-0.39, 0.29) is 16.4 Å². The van der Waals surface area contributed by atoms with Gasteiger partial charge in [-0.25, -0.2) is 4.79 Å². The number of imide groups is 1. The Morgan fingerprint density at radius 3 is 2.62 bits per heavy atom. The summed E-state index contributed by atoms with van der Waals surface area (Å²) < 4.78 is 10.5. The molecule has 0 bridgehead atoms. The molecule has 0 unspecified atom stereocenters. The molecular formula is C22H20N2O7S. The van der Waals surface area contributed by atoms with Crippen LogP contribution in [0, 0.1) is 6.92 Å². The van der Waals surface area contributed by atoms with Crippen LogP contribution in [0.3, 0.4) is 0 Å². The predicted molar refractivity (Wildman–Crippen MR) is 119 cm³/mol. The number of hydrogen-bond donors (Lipinski definition) is 2. The number of thioether (sulfide) groups is 1. The lowest BCUT2D eigenvalue weighted by molar-refractivity contribution is -0.139. The molecule has 1 aliphatic rings. The Bertz CT molecular complexity index is 1110. The molecule has 0 spiro atoms. The quantitative estimate of drug-likeness (QED) is 0.581. The number of carbonyl (C=O) groups excluding carboxylic acids is 3. The Balaban J connectivity index is 1.78. The van der Waals surface area contributed by atoms with Crippen LogP contribution < -0.4 is 14.8 Å². The first-order valence-electron chi connectivity index (χ1n) is 9.42. The Kier molecular flexibility index (Phi) is 7.16. The fraction of sp³-hybridized carbons (Fsp3) is 0.182. The molecule has 0 aromatic heterocycles. The van der Waals surface area contributed by atoms with Crippen molar-refractivity contribution < 1.29 is 33.8 Å². The maximum atomic E-state index is 12.8. The van der Waals surface area contributed by atoms with Crippen LogP contribution in [0.4, 0.5) is 10.5 Å². The number of nitrogens with one attached hydrogen (secondary N) is 1. The highest BCUT2D eigenvalue weighted by Gasteiger charge is 2.36. The molecule has 2 aromatic rings. The fourth-order valence-corrected chi connectivity index (χ4v) is 3.77. The number of anilines is 1. The van der Waals surface area contributed by atoms with E-state index < -0.39 is 36.2 Å². The number of benzene rings is 2. The summed E-state index contributed by atoms with van der Waals surface area (Å²) in [5, 5.41) is 11.0. The molecule has 166 valence electrons. The minimum absolute atomic E-state index is 0.0757. The van der Waals surface area contributed by atoms with Crippen molar-refractivity contribution in [1.29, 1.82) is 0 Å². The molecule has 1 aliphatic heterocycles. The minimum atomic E-state index is -1.18. The van der Waals surface area contributed by atoms with E-state index >= 15 is 0 Å². The molecule has 1 heterocycles. The molecule has 10 heteroatoms. The Labute approximate surface area is 188 Å². The highest BCUT2D eigenvalue weighted by atomic mass is 32.2. The molecule has 3 amide bonds. The van der Waals surface area contributed by atoms with Crippen molar-refractivity contribution in [3.63, 3.8) is 0 Å². The molecule has 0 saturated carbocycles. The van der Waals surface area contributed by atoms with Crippen LogP contribution in [-0.4, -0.2) is 53.3 Å². The van der Waals surface area contributed by atoms with E-state index in [1.165, 1.54) is 13.2 Å². The molecule has 9 nitrogen and oxygen atoms in total. The van der Waals surface area contributed by atoms with Crippen LogP contribution in [0.15, 0.2) is 47.4 Å². The number of carboxylic acid groups (broad SMARTS) is 1. The number of carbonyl (C=O) groups is 4. The van der Waals surface area contributed by atoms with Crippen molar-refractivity contribution in [2.24, 2.45) is 0 Å². The molecule has 2 aromatic carbocycles. The molecule has 2 N–H and O–H groups in total. The molecule has 3 rings (SSSR count). The van der Waals surface area contributed by atoms with Crippen molar-refractivity contribution in [2.45, 2.75) is 6.92 Å². The summed E-state index contributed by atoms with van der Waals surface area (Å²) in [4.78, 5) is 49.3. The number of para-hydroxylation sites is 1. The van der Waals surface area contributed by atoms with Gasteiger partial charge in [-0.05, 0) is 48.5 Å². The lowest BCUT2D eigenvalue weighted by Gasteiger charge is -2.13. The van der Waals surface area contributed by atoms with Crippen LogP contribution in [0.5, 0.6) is 11.5 Å². The maximum absolute atomic E-state index is 12.8. The van der Waals surface area contributed by atoms with Crippen LogP contribution >= 0.6 is 11.8 Å². The number of ether oxygens (including phenoxy) is 2. The van der Waals surface area contributed by atoms with Gasteiger partial charge in [-0.2, -0.15) is 0 Å². The molecule has 1 fully saturated rings. The summed E-state index contributed by atoms with van der Waals surface area (Å²) in [7, 11) is 1.40. The van der Waals surface area contributed by atoms with E-state index in [9.17, 15) is 19.2 Å². The van der Waals surface area contributed by atoms with Gasteiger partial charge in [0.2, 0.25) is 5.91 Å². The number of aryl methyl sites for hydroxylation is 1. The second-order valence-electron chi connectivity index (χ2n) is 6.75. The summed E-state index contributed by atoms with van der Waals surface area (Å²) in [5.74, 6) is -1.92. The first-order chi connectivity index (χ1) is 15.3. The molecule has 1 saturated heterocycles. The second kappa shape index (κ2) is 10.0. The highest BCUT2D eigenvalue weighted by Crippen LogP contribution is 2.37. The van der Waals surface area contributed by atoms with Crippen LogP contribution in [-0.2, 0) is 14.4 Å². The maximum Gasteiger partial charge on any atom is 0.341 e. The van der Waals surface area contributed by atoms with Crippen molar-refractivity contribution >= 4 is 46.5 Å². The molecular weight excluding hydrogens is 436 g/mol. The van der Waals surface area contributed by atoms with Crippen molar-refractivity contribution in [3.8, 4) is 11.5 Å². The number of carboxylic acids is 1. The lowest BCUT2D eigenvalue weighted by atomic mass is 10.1. The summed E-state index contributed by atoms with van der Waals surface area (Å²) in [6.07, 6.45) is 1.41. The molecule has 32 heavy (non-hydrogen) atoms. The van der Waals surface area contributed by atoms with Crippen molar-refractivity contribution in [3.05, 3.63) is 58.5 Å². The van der Waals surface area contributed by atoms with E-state index in [2.05, 4.69) is 5.32 Å². The predicted octanol–water partition coefficient (Wildman–Crippen LogP) is 3.14. The number of nitrogens with zero attached hydrogens (tertiary/aromatic N) is 1. The summed E-state index contributed by atoms with van der Waals surface area (Å²) in [6.45, 7) is 0.835. The topological polar surface area (TPSA) is 122 Å². The number of rotatable bonds is 8. The van der Waals surface area contributed by atoms with Gasteiger partial charge in [0, 0.05) is 11.3 Å². The van der Waals surface area contributed by atoms with E-state index in [1.54, 1.807) is 36.4 Å². The van der Waals surface area contributed by atoms with Crippen LogP contribution in [0.25, 0.3) is 6.08 Å². The number of amides is 3. The van der Waals surface area contributed by atoms with Gasteiger partial charge in [0.1, 0.15) is 6.54 Å². The summed E-state index contributed by atoms with van der Waals surface area (Å²) in [5.41, 5.74) is 1.88. The second-order valence-corrected chi connectivity index (χ2v) is 7.74. The third-order valence-electron chi connectivity index (χ3n) is 4.33. The fourth-order valence-electron chi connectivity index (χ4n) is 2.94. The van der Waals surface area contributed by atoms with E-state index in [1.807, 2.05) is 13.0 Å². The zero-order valence-corrected chi connectivity index (χ0v) is 18.1. The SMILES string of the molecule is COc1cccc(/C=C2/SC(=O)N(CC(=O)Nc3cccc(C)c3)C2=O)c1OCC(=O)O. The van der Waals surface area contributed by atoms with Crippen molar-refractivity contribution in [1.82, 2.24) is 4.90 Å². The van der Waals surface area contributed by atoms with Gasteiger partial charge in [-0.3, -0.25) is 19.3 Å². The molecule has 0 radical (unpaired) electrons. The average Bonchev–Trinajstić information content (AvgIpc) is 2.99. The minimum Gasteiger partial charge on any atom is -0.493 e. The molecule has 0 aliphatic carbocycles. The zero-order valence-electron chi connectivity index (χ0n) is 17.3. The third kappa shape index (κ3) is 5.46. The van der Waals surface area contributed by atoms with E-state index in [4.69, 9.17) is 14.6 Å². The van der Waals surface area contributed by atoms with Gasteiger partial charge in [0.05, 0.1) is 12.0 Å². The van der Waals surface area contributed by atoms with Crippen molar-refractivity contribution in [2.75, 3.05) is 25.6 Å². The smallest absolute Gasteiger partial charge is 0.341 e. The van der Waals surface area contributed by atoms with Gasteiger partial charge >= 0.3 is 5.97 Å². The largest absolute Gasteiger partial charge is 0.493 e. The summed E-state index contributed by atoms with van der Waals surface area (Å²) in [6, 6.07) is 12.0. The Morgan fingerprint density at radius 1 is 1.19 bits per heavy atom. The monoisotopic (exact) mass is 456 g/mol. The van der Waals surface area contributed by atoms with Gasteiger partial charge in [0.15, 0.2) is 18.1 Å². The first-order valence-corrected chi connectivity index (χ1v) is 10.2. The normalized spacial score (nSPS) is 14.6. The average molecular weight is 456 g/mol. The lowest BCUT2D eigenvalue weighted by Crippen LogP contribution is -2.36. The first kappa shape index (κ1) is 22.9. The standard InChI is InChI=1S/C22H20N2O7S/c1-13-5-3-7-15(9-13)23-18(25)11-24-21(28)17(32-22(24)29)10-14-6-4-8-16(30-2)20(14)31-12-19(26)27/h3-10H,11-12H2,1-2H3,(H,23,25)(H,26,27)/b17-10+. The van der Waals surface area contributed by atoms with Gasteiger partial charge < -0.3 is 19.9 Å². The number of methoxy groups -OCH3 is 1. The number of aliphatic carboxylic acids is 1.